The molecule has 0 saturated carbocycles. The summed E-state index contributed by atoms with van der Waals surface area (Å²) in [4.78, 5) is 29.7. The number of carbonyl (C=O) groups is 2. The molecule has 1 atom stereocenters. The van der Waals surface area contributed by atoms with E-state index in [4.69, 9.17) is 9.47 Å². The van der Waals surface area contributed by atoms with E-state index in [0.717, 1.165) is 39.9 Å². The fraction of sp³-hybridized carbons (Fsp3) is 0.333. The number of rotatable bonds is 7. The topological polar surface area (TPSA) is 91.3 Å². The molecule has 2 aliphatic rings. The second-order valence-corrected chi connectivity index (χ2v) is 8.91. The van der Waals surface area contributed by atoms with Crippen molar-refractivity contribution in [3.05, 3.63) is 71.8 Å². The van der Waals surface area contributed by atoms with Crippen LogP contribution in [0.25, 0.3) is 10.8 Å². The Morgan fingerprint density at radius 3 is 2.54 bits per heavy atom. The average molecular weight is 476 g/mol. The van der Waals surface area contributed by atoms with Gasteiger partial charge in [0, 0.05) is 32.7 Å². The molecule has 2 N–H and O–H groups in total. The molecule has 182 valence electrons. The highest BCUT2D eigenvalue weighted by Gasteiger charge is 2.28. The quantitative estimate of drug-likeness (QED) is 0.543. The van der Waals surface area contributed by atoms with Crippen LogP contribution >= 0.6 is 0 Å². The number of nitrogens with one attached hydrogen (secondary N) is 1. The molecule has 2 amide bonds. The van der Waals surface area contributed by atoms with E-state index < -0.39 is 12.6 Å². The maximum absolute atomic E-state index is 13.0. The van der Waals surface area contributed by atoms with E-state index in [-0.39, 0.29) is 25.0 Å². The number of ether oxygens (including phenoxy) is 2. The number of aliphatic hydroxyl groups excluding tert-OH is 1. The molecule has 3 aromatic rings. The molecular weight excluding hydrogens is 446 g/mol. The van der Waals surface area contributed by atoms with Crippen molar-refractivity contribution in [2.45, 2.75) is 19.0 Å². The molecule has 0 unspecified atom stereocenters. The van der Waals surface area contributed by atoms with Gasteiger partial charge in [-0.25, -0.2) is 0 Å². The third kappa shape index (κ3) is 5.23. The van der Waals surface area contributed by atoms with Gasteiger partial charge < -0.3 is 24.8 Å². The molecule has 0 radical (unpaired) electrons. The van der Waals surface area contributed by atoms with Gasteiger partial charge in [0.05, 0.1) is 13.0 Å². The van der Waals surface area contributed by atoms with Crippen molar-refractivity contribution in [2.75, 3.05) is 39.6 Å². The minimum Gasteiger partial charge on any atom is -0.454 e. The zero-order chi connectivity index (χ0) is 24.2. The maximum Gasteiger partial charge on any atom is 0.247 e. The summed E-state index contributed by atoms with van der Waals surface area (Å²) in [5.74, 6) is 1.000. The molecule has 0 aliphatic carbocycles. The Morgan fingerprint density at radius 1 is 0.943 bits per heavy atom. The molecule has 0 aromatic heterocycles. The molecule has 2 heterocycles. The van der Waals surface area contributed by atoms with Crippen LogP contribution in [0.1, 0.15) is 11.1 Å². The van der Waals surface area contributed by atoms with Crippen LogP contribution in [-0.4, -0.2) is 72.3 Å². The van der Waals surface area contributed by atoms with E-state index in [2.05, 4.69) is 10.2 Å². The van der Waals surface area contributed by atoms with E-state index in [1.807, 2.05) is 60.7 Å². The third-order valence-electron chi connectivity index (χ3n) is 6.57. The first-order chi connectivity index (χ1) is 17.1. The predicted molar refractivity (Wildman–Crippen MR) is 131 cm³/mol. The van der Waals surface area contributed by atoms with E-state index in [9.17, 15) is 14.7 Å². The number of hydrogen-bond acceptors (Lipinski definition) is 6. The molecule has 5 rings (SSSR count). The van der Waals surface area contributed by atoms with E-state index >= 15 is 0 Å². The van der Waals surface area contributed by atoms with Gasteiger partial charge in [0.15, 0.2) is 11.5 Å². The van der Waals surface area contributed by atoms with Crippen LogP contribution < -0.4 is 14.8 Å². The summed E-state index contributed by atoms with van der Waals surface area (Å²) in [5.41, 5.74) is 2.02. The molecule has 8 heteroatoms. The first-order valence-electron chi connectivity index (χ1n) is 11.9. The molecule has 0 bridgehead atoms. The van der Waals surface area contributed by atoms with Crippen molar-refractivity contribution < 1.29 is 24.2 Å². The van der Waals surface area contributed by atoms with Crippen LogP contribution in [0, 0.1) is 0 Å². The SMILES string of the molecule is O=C(Cc1cccc2ccccc12)N[C@@H](CO)C(=O)N1CCN(Cc2ccc3c(c2)OCO3)CC1. The second kappa shape index (κ2) is 10.3. The Labute approximate surface area is 204 Å². The molecule has 8 nitrogen and oxygen atoms in total. The summed E-state index contributed by atoms with van der Waals surface area (Å²) >= 11 is 0. The van der Waals surface area contributed by atoms with E-state index in [0.29, 0.717) is 26.2 Å². The van der Waals surface area contributed by atoms with Crippen LogP contribution in [0.5, 0.6) is 11.5 Å². The summed E-state index contributed by atoms with van der Waals surface area (Å²) in [6.45, 7) is 3.08. The average Bonchev–Trinajstić information content (AvgIpc) is 3.36. The normalized spacial score (nSPS) is 16.3. The van der Waals surface area contributed by atoms with E-state index in [1.54, 1.807) is 4.90 Å². The van der Waals surface area contributed by atoms with Crippen LogP contribution in [-0.2, 0) is 22.6 Å². The largest absolute Gasteiger partial charge is 0.454 e. The highest BCUT2D eigenvalue weighted by atomic mass is 16.7. The predicted octanol–water partition coefficient (Wildman–Crippen LogP) is 1.93. The lowest BCUT2D eigenvalue weighted by molar-refractivity contribution is -0.139. The zero-order valence-electron chi connectivity index (χ0n) is 19.5. The van der Waals surface area contributed by atoms with E-state index in [1.165, 1.54) is 0 Å². The Morgan fingerprint density at radius 2 is 1.71 bits per heavy atom. The fourth-order valence-corrected chi connectivity index (χ4v) is 4.69. The second-order valence-electron chi connectivity index (χ2n) is 8.91. The number of piperazine rings is 1. The van der Waals surface area contributed by atoms with Gasteiger partial charge in [-0.2, -0.15) is 0 Å². The molecule has 1 saturated heterocycles. The van der Waals surface area contributed by atoms with Crippen LogP contribution in [0.3, 0.4) is 0 Å². The van der Waals surface area contributed by atoms with Crippen molar-refractivity contribution >= 4 is 22.6 Å². The number of hydrogen-bond donors (Lipinski definition) is 2. The summed E-state index contributed by atoms with van der Waals surface area (Å²) < 4.78 is 10.8. The molecule has 2 aliphatic heterocycles. The van der Waals surface area contributed by atoms with Gasteiger partial charge >= 0.3 is 0 Å². The lowest BCUT2D eigenvalue weighted by atomic mass is 10.0. The smallest absolute Gasteiger partial charge is 0.247 e. The number of nitrogens with zero attached hydrogens (tertiary/aromatic N) is 2. The first kappa shape index (κ1) is 23.1. The van der Waals surface area contributed by atoms with Crippen molar-refractivity contribution in [2.24, 2.45) is 0 Å². The maximum atomic E-state index is 13.0. The molecule has 1 fully saturated rings. The van der Waals surface area contributed by atoms with Crippen LogP contribution in [0.2, 0.25) is 0 Å². The molecular formula is C27H29N3O5. The Hall–Kier alpha value is -3.62. The van der Waals surface area contributed by atoms with Gasteiger partial charge in [-0.1, -0.05) is 48.5 Å². The number of aliphatic hydroxyl groups is 1. The van der Waals surface area contributed by atoms with Gasteiger partial charge in [0.2, 0.25) is 18.6 Å². The minimum absolute atomic E-state index is 0.147. The minimum atomic E-state index is -0.946. The Balaban J connectivity index is 1.14. The van der Waals surface area contributed by atoms with Gasteiger partial charge in [-0.3, -0.25) is 14.5 Å². The number of amides is 2. The zero-order valence-corrected chi connectivity index (χ0v) is 19.5. The highest BCUT2D eigenvalue weighted by Crippen LogP contribution is 2.32. The summed E-state index contributed by atoms with van der Waals surface area (Å²) in [6.07, 6.45) is 0.147. The molecule has 35 heavy (non-hydrogen) atoms. The first-order valence-corrected chi connectivity index (χ1v) is 11.9. The summed E-state index contributed by atoms with van der Waals surface area (Å²) in [6, 6.07) is 18.7. The number of fused-ring (bicyclic) bond motifs is 2. The van der Waals surface area contributed by atoms with Gasteiger partial charge in [0.25, 0.3) is 0 Å². The van der Waals surface area contributed by atoms with Gasteiger partial charge in [-0.05, 0) is 34.0 Å². The molecule has 0 spiro atoms. The number of benzene rings is 3. The standard InChI is InChI=1S/C27H29N3O5/c31-17-23(28-26(32)15-21-6-3-5-20-4-1-2-7-22(20)21)27(33)30-12-10-29(11-13-30)16-19-8-9-24-25(14-19)35-18-34-24/h1-9,14,23,31H,10-13,15-18H2,(H,28,32)/t23-/m0/s1. The third-order valence-corrected chi connectivity index (χ3v) is 6.57. The summed E-state index contributed by atoms with van der Waals surface area (Å²) in [5, 5.41) is 14.6. The van der Waals surface area contributed by atoms with Crippen molar-refractivity contribution in [1.82, 2.24) is 15.1 Å². The van der Waals surface area contributed by atoms with Crippen molar-refractivity contribution in [3.63, 3.8) is 0 Å². The lowest BCUT2D eigenvalue weighted by Gasteiger charge is -2.36. The lowest BCUT2D eigenvalue weighted by Crippen LogP contribution is -2.56. The molecule has 3 aromatic carbocycles. The number of carbonyl (C=O) groups excluding carboxylic acids is 2. The Bertz CT molecular complexity index is 1220. The summed E-state index contributed by atoms with van der Waals surface area (Å²) in [7, 11) is 0. The van der Waals surface area contributed by atoms with Crippen LogP contribution in [0.4, 0.5) is 0 Å². The van der Waals surface area contributed by atoms with Crippen LogP contribution in [0.15, 0.2) is 60.7 Å². The van der Waals surface area contributed by atoms with Crippen molar-refractivity contribution in [1.29, 1.82) is 0 Å². The highest BCUT2D eigenvalue weighted by molar-refractivity contribution is 5.92. The Kier molecular flexibility index (Phi) is 6.83. The monoisotopic (exact) mass is 475 g/mol. The fourth-order valence-electron chi connectivity index (χ4n) is 4.69. The van der Waals surface area contributed by atoms with Crippen molar-refractivity contribution in [3.8, 4) is 11.5 Å². The van der Waals surface area contributed by atoms with Gasteiger partial charge in [0.1, 0.15) is 6.04 Å². The van der Waals surface area contributed by atoms with Gasteiger partial charge in [-0.15, -0.1) is 0 Å².